The van der Waals surface area contributed by atoms with Crippen molar-refractivity contribution in [2.75, 3.05) is 25.6 Å². The van der Waals surface area contributed by atoms with Gasteiger partial charge >= 0.3 is 0 Å². The van der Waals surface area contributed by atoms with E-state index < -0.39 is 15.9 Å². The SMILES string of the molecule is COc1ccc(S(=O)(=O)NC(=O)c2cnc(N(C)CCc3ccccc3)nc2Cc2cccc(Cl)c2)cc1. The van der Waals surface area contributed by atoms with Crippen molar-refractivity contribution in [1.82, 2.24) is 14.7 Å². The highest BCUT2D eigenvalue weighted by Crippen LogP contribution is 2.20. The van der Waals surface area contributed by atoms with Gasteiger partial charge in [0.1, 0.15) is 5.75 Å². The zero-order chi connectivity index (χ0) is 27.1. The molecule has 1 amide bonds. The molecule has 0 aliphatic heterocycles. The number of nitrogens with one attached hydrogen (secondary N) is 1. The number of carbonyl (C=O) groups excluding carboxylic acids is 1. The molecule has 1 heterocycles. The van der Waals surface area contributed by atoms with E-state index in [1.807, 2.05) is 36.2 Å². The molecule has 1 N–H and O–H groups in total. The Morgan fingerprint density at radius 3 is 2.39 bits per heavy atom. The minimum absolute atomic E-state index is 0.0577. The van der Waals surface area contributed by atoms with Crippen LogP contribution in [0.15, 0.2) is 90.0 Å². The van der Waals surface area contributed by atoms with Gasteiger partial charge in [0.15, 0.2) is 0 Å². The lowest BCUT2D eigenvalue weighted by Crippen LogP contribution is -2.32. The fourth-order valence-corrected chi connectivity index (χ4v) is 4.97. The fraction of sp³-hybridized carbons (Fsp3) is 0.179. The Morgan fingerprint density at radius 1 is 1.00 bits per heavy atom. The van der Waals surface area contributed by atoms with Crippen molar-refractivity contribution in [3.63, 3.8) is 0 Å². The second kappa shape index (κ2) is 12.1. The molecule has 0 aliphatic carbocycles. The third-order valence-corrected chi connectivity index (χ3v) is 7.46. The van der Waals surface area contributed by atoms with Crippen molar-refractivity contribution < 1.29 is 17.9 Å². The summed E-state index contributed by atoms with van der Waals surface area (Å²) in [7, 11) is -0.785. The summed E-state index contributed by atoms with van der Waals surface area (Å²) in [5, 5.41) is 0.546. The number of hydrogen-bond acceptors (Lipinski definition) is 7. The molecule has 0 saturated heterocycles. The summed E-state index contributed by atoms with van der Waals surface area (Å²) in [6, 6.07) is 23.0. The van der Waals surface area contributed by atoms with Gasteiger partial charge in [-0.1, -0.05) is 54.1 Å². The Hall–Kier alpha value is -3.95. The second-order valence-corrected chi connectivity index (χ2v) is 10.7. The van der Waals surface area contributed by atoms with E-state index in [1.165, 1.54) is 43.1 Å². The van der Waals surface area contributed by atoms with Crippen LogP contribution in [0.4, 0.5) is 5.95 Å². The molecule has 1 aromatic heterocycles. The second-order valence-electron chi connectivity index (χ2n) is 8.60. The van der Waals surface area contributed by atoms with Gasteiger partial charge in [0.25, 0.3) is 15.9 Å². The van der Waals surface area contributed by atoms with Crippen LogP contribution in [0.25, 0.3) is 0 Å². The van der Waals surface area contributed by atoms with Gasteiger partial charge in [-0.25, -0.2) is 23.1 Å². The summed E-state index contributed by atoms with van der Waals surface area (Å²) >= 11 is 6.16. The maximum Gasteiger partial charge on any atom is 0.268 e. The molecule has 0 fully saturated rings. The van der Waals surface area contributed by atoms with Gasteiger partial charge in [0.2, 0.25) is 5.95 Å². The molecule has 196 valence electrons. The number of aromatic nitrogens is 2. The minimum Gasteiger partial charge on any atom is -0.497 e. The number of ether oxygens (including phenoxy) is 1. The average molecular weight is 551 g/mol. The number of sulfonamides is 1. The quantitative estimate of drug-likeness (QED) is 0.309. The van der Waals surface area contributed by atoms with Gasteiger partial charge in [0, 0.05) is 31.2 Å². The Morgan fingerprint density at radius 2 is 1.71 bits per heavy atom. The number of halogens is 1. The lowest BCUT2D eigenvalue weighted by atomic mass is 10.1. The fourth-order valence-electron chi connectivity index (χ4n) is 3.79. The van der Waals surface area contributed by atoms with Crippen molar-refractivity contribution in [2.45, 2.75) is 17.7 Å². The maximum atomic E-state index is 13.2. The highest BCUT2D eigenvalue weighted by Gasteiger charge is 2.23. The molecule has 4 rings (SSSR count). The van der Waals surface area contributed by atoms with E-state index >= 15 is 0 Å². The Balaban J connectivity index is 1.60. The molecule has 0 atom stereocenters. The van der Waals surface area contributed by atoms with E-state index in [-0.39, 0.29) is 16.9 Å². The van der Waals surface area contributed by atoms with Crippen molar-refractivity contribution >= 4 is 33.5 Å². The summed E-state index contributed by atoms with van der Waals surface area (Å²) in [4.78, 5) is 24.0. The van der Waals surface area contributed by atoms with Gasteiger partial charge < -0.3 is 9.64 Å². The number of likely N-dealkylation sites (N-methyl/N-ethyl adjacent to an activating group) is 1. The number of nitrogens with zero attached hydrogens (tertiary/aromatic N) is 3. The van der Waals surface area contributed by atoms with E-state index in [1.54, 1.807) is 18.2 Å². The Labute approximate surface area is 227 Å². The predicted molar refractivity (Wildman–Crippen MR) is 147 cm³/mol. The summed E-state index contributed by atoms with van der Waals surface area (Å²) < 4.78 is 33.0. The lowest BCUT2D eigenvalue weighted by molar-refractivity contribution is 0.0980. The zero-order valence-electron chi connectivity index (χ0n) is 21.0. The van der Waals surface area contributed by atoms with Gasteiger partial charge in [0.05, 0.1) is 23.3 Å². The van der Waals surface area contributed by atoms with Crippen molar-refractivity contribution in [3.8, 4) is 5.75 Å². The molecular formula is C28H27ClN4O4S. The lowest BCUT2D eigenvalue weighted by Gasteiger charge is -2.19. The van der Waals surface area contributed by atoms with Gasteiger partial charge in [-0.15, -0.1) is 0 Å². The maximum absolute atomic E-state index is 13.2. The van der Waals surface area contributed by atoms with Crippen LogP contribution in [0.1, 0.15) is 27.2 Å². The van der Waals surface area contributed by atoms with Crippen LogP contribution < -0.4 is 14.4 Å². The molecular weight excluding hydrogens is 524 g/mol. The van der Waals surface area contributed by atoms with Gasteiger partial charge in [-0.2, -0.15) is 0 Å². The normalized spacial score (nSPS) is 11.1. The number of hydrogen-bond donors (Lipinski definition) is 1. The third kappa shape index (κ3) is 6.87. The molecule has 3 aromatic carbocycles. The summed E-state index contributed by atoms with van der Waals surface area (Å²) in [5.41, 5.74) is 2.44. The first kappa shape index (κ1) is 27.1. The topological polar surface area (TPSA) is 101 Å². The number of amides is 1. The van der Waals surface area contributed by atoms with Crippen LogP contribution in [-0.4, -0.2) is 45.0 Å². The van der Waals surface area contributed by atoms with Gasteiger partial charge in [-0.3, -0.25) is 4.79 Å². The van der Waals surface area contributed by atoms with Crippen LogP contribution in [0.2, 0.25) is 5.02 Å². The minimum atomic E-state index is -4.14. The molecule has 0 radical (unpaired) electrons. The number of methoxy groups -OCH3 is 1. The molecule has 8 nitrogen and oxygen atoms in total. The molecule has 4 aromatic rings. The number of anilines is 1. The van der Waals surface area contributed by atoms with Crippen LogP contribution in [-0.2, 0) is 22.9 Å². The van der Waals surface area contributed by atoms with E-state index in [9.17, 15) is 13.2 Å². The van der Waals surface area contributed by atoms with Crippen LogP contribution in [0, 0.1) is 0 Å². The van der Waals surface area contributed by atoms with Crippen molar-refractivity contribution in [2.24, 2.45) is 0 Å². The molecule has 0 saturated carbocycles. The first-order valence-electron chi connectivity index (χ1n) is 11.8. The number of rotatable bonds is 10. The molecule has 0 bridgehead atoms. The van der Waals surface area contributed by atoms with E-state index in [2.05, 4.69) is 26.8 Å². The monoisotopic (exact) mass is 550 g/mol. The number of carbonyl (C=O) groups is 1. The standard InChI is InChI=1S/C28H27ClN4O4S/c1-33(16-15-20-7-4-3-5-8-20)28-30-19-25(26(31-28)18-21-9-6-10-22(29)17-21)27(34)32-38(35,36)24-13-11-23(37-2)12-14-24/h3-14,17,19H,15-16,18H2,1-2H3,(H,32,34). The predicted octanol–water partition coefficient (Wildman–Crippen LogP) is 4.53. The Bertz CT molecular complexity index is 1510. The smallest absolute Gasteiger partial charge is 0.268 e. The summed E-state index contributed by atoms with van der Waals surface area (Å²) in [5.74, 6) is 0.100. The molecule has 10 heteroatoms. The summed E-state index contributed by atoms with van der Waals surface area (Å²) in [6.45, 7) is 0.651. The molecule has 0 unspecified atom stereocenters. The first-order valence-corrected chi connectivity index (χ1v) is 13.7. The van der Waals surface area contributed by atoms with E-state index in [0.29, 0.717) is 29.0 Å². The van der Waals surface area contributed by atoms with Gasteiger partial charge in [-0.05, 0) is 53.9 Å². The van der Waals surface area contributed by atoms with Crippen LogP contribution in [0.5, 0.6) is 5.75 Å². The zero-order valence-corrected chi connectivity index (χ0v) is 22.5. The van der Waals surface area contributed by atoms with Crippen LogP contribution >= 0.6 is 11.6 Å². The first-order chi connectivity index (χ1) is 18.2. The molecule has 0 spiro atoms. The van der Waals surface area contributed by atoms with Crippen molar-refractivity contribution in [1.29, 1.82) is 0 Å². The highest BCUT2D eigenvalue weighted by atomic mass is 35.5. The number of benzene rings is 3. The average Bonchev–Trinajstić information content (AvgIpc) is 2.92. The third-order valence-electron chi connectivity index (χ3n) is 5.88. The van der Waals surface area contributed by atoms with Crippen LogP contribution in [0.3, 0.4) is 0 Å². The van der Waals surface area contributed by atoms with E-state index in [0.717, 1.165) is 12.0 Å². The summed E-state index contributed by atoms with van der Waals surface area (Å²) in [6.07, 6.45) is 2.40. The molecule has 38 heavy (non-hydrogen) atoms. The molecule has 0 aliphatic rings. The Kier molecular flexibility index (Phi) is 8.60. The largest absolute Gasteiger partial charge is 0.497 e. The van der Waals surface area contributed by atoms with Crippen molar-refractivity contribution in [3.05, 3.63) is 112 Å². The highest BCUT2D eigenvalue weighted by molar-refractivity contribution is 7.90. The van der Waals surface area contributed by atoms with E-state index in [4.69, 9.17) is 16.3 Å².